The number of rotatable bonds is 8. The van der Waals surface area contributed by atoms with Crippen LogP contribution in [-0.4, -0.2) is 18.9 Å². The zero-order valence-corrected chi connectivity index (χ0v) is 22.5. The third-order valence-electron chi connectivity index (χ3n) is 6.94. The number of carbonyl (C=O) groups is 2. The Labute approximate surface area is 231 Å². The maximum atomic E-state index is 13.5. The van der Waals surface area contributed by atoms with Gasteiger partial charge in [0.15, 0.2) is 0 Å². The highest BCUT2D eigenvalue weighted by atomic mass is 19.1. The molecule has 2 amide bonds. The van der Waals surface area contributed by atoms with E-state index in [1.165, 1.54) is 19.2 Å². The molecule has 1 heterocycles. The van der Waals surface area contributed by atoms with Crippen molar-refractivity contribution in [3.05, 3.63) is 125 Å². The first-order valence-electron chi connectivity index (χ1n) is 12.8. The zero-order chi connectivity index (χ0) is 28.4. The summed E-state index contributed by atoms with van der Waals surface area (Å²) in [4.78, 5) is 25.8. The Morgan fingerprint density at radius 1 is 0.925 bits per heavy atom. The first kappa shape index (κ1) is 26.7. The average molecular weight is 537 g/mol. The van der Waals surface area contributed by atoms with E-state index in [1.807, 2.05) is 68.4 Å². The number of furan rings is 1. The van der Waals surface area contributed by atoms with E-state index < -0.39 is 11.4 Å². The van der Waals surface area contributed by atoms with Crippen molar-refractivity contribution in [1.29, 1.82) is 0 Å². The van der Waals surface area contributed by atoms with Crippen LogP contribution < -0.4 is 15.8 Å². The van der Waals surface area contributed by atoms with Crippen molar-refractivity contribution in [3.8, 4) is 17.1 Å². The van der Waals surface area contributed by atoms with Crippen LogP contribution in [0.1, 0.15) is 51.3 Å². The van der Waals surface area contributed by atoms with Crippen LogP contribution in [0.25, 0.3) is 22.3 Å². The van der Waals surface area contributed by atoms with Crippen LogP contribution in [0.5, 0.6) is 5.75 Å². The predicted octanol–water partition coefficient (Wildman–Crippen LogP) is 6.60. The van der Waals surface area contributed by atoms with Gasteiger partial charge < -0.3 is 20.2 Å². The quantitative estimate of drug-likeness (QED) is 0.234. The summed E-state index contributed by atoms with van der Waals surface area (Å²) in [7, 11) is 1.53. The summed E-state index contributed by atoms with van der Waals surface area (Å²) < 4.78 is 24.9. The normalized spacial score (nSPS) is 11.4. The van der Waals surface area contributed by atoms with E-state index in [1.54, 1.807) is 24.3 Å². The van der Waals surface area contributed by atoms with Gasteiger partial charge >= 0.3 is 0 Å². The summed E-state index contributed by atoms with van der Waals surface area (Å²) in [5.74, 6) is -0.518. The van der Waals surface area contributed by atoms with Crippen molar-refractivity contribution < 1.29 is 23.1 Å². The molecular weight excluding hydrogens is 507 g/mol. The van der Waals surface area contributed by atoms with E-state index in [0.717, 1.165) is 16.7 Å². The van der Waals surface area contributed by atoms with Gasteiger partial charge in [0, 0.05) is 10.9 Å². The third kappa shape index (κ3) is 5.31. The molecule has 0 spiro atoms. The minimum absolute atomic E-state index is 0.237. The molecule has 40 heavy (non-hydrogen) atoms. The molecule has 202 valence electrons. The van der Waals surface area contributed by atoms with Crippen LogP contribution >= 0.6 is 0 Å². The molecule has 0 aliphatic rings. The Morgan fingerprint density at radius 2 is 1.60 bits per heavy atom. The Hall–Kier alpha value is -4.91. The molecule has 3 N–H and O–H groups in total. The van der Waals surface area contributed by atoms with Crippen LogP contribution in [0.2, 0.25) is 0 Å². The topological polar surface area (TPSA) is 94.6 Å². The first-order valence-corrected chi connectivity index (χ1v) is 12.8. The predicted molar refractivity (Wildman–Crippen MR) is 153 cm³/mol. The zero-order valence-electron chi connectivity index (χ0n) is 22.5. The smallest absolute Gasteiger partial charge is 0.255 e. The van der Waals surface area contributed by atoms with E-state index in [-0.39, 0.29) is 17.3 Å². The Kier molecular flexibility index (Phi) is 7.13. The van der Waals surface area contributed by atoms with Crippen molar-refractivity contribution in [3.63, 3.8) is 0 Å². The van der Waals surface area contributed by atoms with Crippen molar-refractivity contribution >= 4 is 22.8 Å². The summed E-state index contributed by atoms with van der Waals surface area (Å²) in [6.45, 7) is 3.90. The molecule has 4 aromatic carbocycles. The first-order chi connectivity index (χ1) is 19.2. The number of methoxy groups -OCH3 is 1. The second kappa shape index (κ2) is 10.7. The van der Waals surface area contributed by atoms with Crippen molar-refractivity contribution in [2.24, 2.45) is 5.73 Å². The van der Waals surface area contributed by atoms with Gasteiger partial charge in [-0.2, -0.15) is 0 Å². The fourth-order valence-corrected chi connectivity index (χ4v) is 4.86. The van der Waals surface area contributed by atoms with Gasteiger partial charge in [0.05, 0.1) is 23.8 Å². The number of primary amides is 1. The molecule has 0 atom stereocenters. The standard InChI is InChI=1S/C33H29FN2O4/c1-33(2,23-7-5-4-6-8-23)36-32(38)26-19-21(9-15-27(26)39-3)17-20-10-16-28-25(18-20)29(31(35)37)30(40-28)22-11-13-24(34)14-12-22/h4-16,18-19H,17H2,1-3H3,(H2,35,37)(H,36,38). The highest BCUT2D eigenvalue weighted by Gasteiger charge is 2.25. The maximum Gasteiger partial charge on any atom is 0.255 e. The molecule has 5 rings (SSSR count). The number of halogens is 1. The second-order valence-corrected chi connectivity index (χ2v) is 10.2. The van der Waals surface area contributed by atoms with Crippen LogP contribution in [0.4, 0.5) is 4.39 Å². The lowest BCUT2D eigenvalue weighted by Gasteiger charge is -2.27. The van der Waals surface area contributed by atoms with E-state index in [9.17, 15) is 14.0 Å². The highest BCUT2D eigenvalue weighted by molar-refractivity contribution is 6.10. The molecule has 0 aliphatic carbocycles. The van der Waals surface area contributed by atoms with Gasteiger partial charge in [-0.15, -0.1) is 0 Å². The third-order valence-corrected chi connectivity index (χ3v) is 6.94. The SMILES string of the molecule is COc1ccc(Cc2ccc3oc(-c4ccc(F)cc4)c(C(N)=O)c3c2)cc1C(=O)NC(C)(C)c1ccccc1. The summed E-state index contributed by atoms with van der Waals surface area (Å²) >= 11 is 0. The van der Waals surface area contributed by atoms with Crippen LogP contribution in [-0.2, 0) is 12.0 Å². The van der Waals surface area contributed by atoms with Gasteiger partial charge in [-0.3, -0.25) is 9.59 Å². The molecule has 0 radical (unpaired) electrons. The number of carbonyl (C=O) groups excluding carboxylic acids is 2. The molecule has 0 saturated carbocycles. The van der Waals surface area contributed by atoms with Crippen LogP contribution in [0.15, 0.2) is 95.4 Å². The Balaban J connectivity index is 1.46. The summed E-state index contributed by atoms with van der Waals surface area (Å²) in [5.41, 5.74) is 9.60. The number of hydrogen-bond acceptors (Lipinski definition) is 4. The largest absolute Gasteiger partial charge is 0.496 e. The molecule has 5 aromatic rings. The van der Waals surface area contributed by atoms with Gasteiger partial charge in [-0.05, 0) is 85.5 Å². The number of hydrogen-bond donors (Lipinski definition) is 2. The summed E-state index contributed by atoms with van der Waals surface area (Å²) in [6.07, 6.45) is 0.484. The molecule has 0 aliphatic heterocycles. The monoisotopic (exact) mass is 536 g/mol. The minimum atomic E-state index is -0.639. The van der Waals surface area contributed by atoms with E-state index >= 15 is 0 Å². The number of ether oxygens (including phenoxy) is 1. The van der Waals surface area contributed by atoms with Gasteiger partial charge in [0.1, 0.15) is 22.9 Å². The fourth-order valence-electron chi connectivity index (χ4n) is 4.86. The van der Waals surface area contributed by atoms with Crippen molar-refractivity contribution in [2.75, 3.05) is 7.11 Å². The molecule has 6 nitrogen and oxygen atoms in total. The fraction of sp³-hybridized carbons (Fsp3) is 0.152. The second-order valence-electron chi connectivity index (χ2n) is 10.2. The average Bonchev–Trinajstić information content (AvgIpc) is 3.33. The lowest BCUT2D eigenvalue weighted by atomic mass is 9.93. The summed E-state index contributed by atoms with van der Waals surface area (Å²) in [6, 6.07) is 26.5. The molecule has 7 heteroatoms. The van der Waals surface area contributed by atoms with Gasteiger partial charge in [-0.1, -0.05) is 42.5 Å². The molecule has 0 fully saturated rings. The molecule has 0 bridgehead atoms. The van der Waals surface area contributed by atoms with E-state index in [0.29, 0.717) is 40.0 Å². The van der Waals surface area contributed by atoms with Gasteiger partial charge in [0.25, 0.3) is 11.8 Å². The van der Waals surface area contributed by atoms with E-state index in [2.05, 4.69) is 5.32 Å². The summed E-state index contributed by atoms with van der Waals surface area (Å²) in [5, 5.41) is 3.68. The highest BCUT2D eigenvalue weighted by Crippen LogP contribution is 2.35. The number of nitrogens with one attached hydrogen (secondary N) is 1. The number of benzene rings is 4. The van der Waals surface area contributed by atoms with E-state index in [4.69, 9.17) is 14.9 Å². The lowest BCUT2D eigenvalue weighted by molar-refractivity contribution is 0.0908. The Morgan fingerprint density at radius 3 is 2.27 bits per heavy atom. The molecule has 1 aromatic heterocycles. The van der Waals surface area contributed by atoms with Crippen molar-refractivity contribution in [2.45, 2.75) is 25.8 Å². The minimum Gasteiger partial charge on any atom is -0.496 e. The number of fused-ring (bicyclic) bond motifs is 1. The van der Waals surface area contributed by atoms with Crippen LogP contribution in [0, 0.1) is 5.82 Å². The molecular formula is C33H29FN2O4. The van der Waals surface area contributed by atoms with Crippen LogP contribution in [0.3, 0.4) is 0 Å². The maximum absolute atomic E-state index is 13.5. The van der Waals surface area contributed by atoms with Gasteiger partial charge in [-0.25, -0.2) is 4.39 Å². The Bertz CT molecular complexity index is 1710. The number of amides is 2. The van der Waals surface area contributed by atoms with Gasteiger partial charge in [0.2, 0.25) is 0 Å². The van der Waals surface area contributed by atoms with Crippen molar-refractivity contribution in [1.82, 2.24) is 5.32 Å². The number of nitrogens with two attached hydrogens (primary N) is 1. The molecule has 0 saturated heterocycles. The molecule has 0 unspecified atom stereocenters. The lowest BCUT2D eigenvalue weighted by Crippen LogP contribution is -2.41.